The largest absolute Gasteiger partial charge is 0.454 e. The van der Waals surface area contributed by atoms with E-state index in [9.17, 15) is 4.79 Å². The van der Waals surface area contributed by atoms with Crippen LogP contribution in [0, 0.1) is 5.92 Å². The van der Waals surface area contributed by atoms with E-state index in [-0.39, 0.29) is 17.5 Å². The normalized spacial score (nSPS) is 14.7. The molecule has 0 aromatic heterocycles. The molecule has 1 N–H and O–H groups in total. The molecule has 0 radical (unpaired) electrons. The predicted molar refractivity (Wildman–Crippen MR) is 72.5 cm³/mol. The van der Waals surface area contributed by atoms with Crippen molar-refractivity contribution in [1.82, 2.24) is 5.32 Å². The number of amides is 1. The lowest BCUT2D eigenvalue weighted by atomic mass is 10.1. The van der Waals surface area contributed by atoms with E-state index in [1.165, 1.54) is 0 Å². The van der Waals surface area contributed by atoms with Crippen molar-refractivity contribution in [3.8, 4) is 11.5 Å². The van der Waals surface area contributed by atoms with Gasteiger partial charge in [0.25, 0.3) is 5.91 Å². The molecule has 0 saturated heterocycles. The first-order chi connectivity index (χ1) is 8.58. The molecule has 1 aromatic rings. The molecule has 0 bridgehead atoms. The molecule has 4 nitrogen and oxygen atoms in total. The molecule has 1 heterocycles. The van der Waals surface area contributed by atoms with Gasteiger partial charge in [-0.3, -0.25) is 4.79 Å². The van der Waals surface area contributed by atoms with E-state index < -0.39 is 0 Å². The molecule has 5 heteroatoms. The highest BCUT2D eigenvalue weighted by Crippen LogP contribution is 2.32. The van der Waals surface area contributed by atoms with Gasteiger partial charge in [0.1, 0.15) is 0 Å². The summed E-state index contributed by atoms with van der Waals surface area (Å²) in [4.78, 5) is 12.2. The molecule has 0 aliphatic carbocycles. The number of benzene rings is 1. The minimum Gasteiger partial charge on any atom is -0.454 e. The van der Waals surface area contributed by atoms with Gasteiger partial charge in [-0.15, -0.1) is 0 Å². The smallest absolute Gasteiger partial charge is 0.251 e. The van der Waals surface area contributed by atoms with Crippen LogP contribution in [0.25, 0.3) is 0 Å². The van der Waals surface area contributed by atoms with Crippen LogP contribution in [0.1, 0.15) is 24.2 Å². The standard InChI is InChI=1S/C13H16BrNO3/c1-8(2)10(14)6-15-13(16)9-3-4-11-12(5-9)18-7-17-11/h3-5,8,10H,6-7H2,1-2H3,(H,15,16). The SMILES string of the molecule is CC(C)C(Br)CNC(=O)c1ccc2c(c1)OCO2. The Morgan fingerprint density at radius 2 is 2.11 bits per heavy atom. The summed E-state index contributed by atoms with van der Waals surface area (Å²) in [5.74, 6) is 1.69. The molecule has 1 aliphatic heterocycles. The molecule has 1 amide bonds. The molecule has 0 saturated carbocycles. The second-order valence-corrected chi connectivity index (χ2v) is 5.71. The maximum Gasteiger partial charge on any atom is 0.251 e. The topological polar surface area (TPSA) is 47.6 Å². The van der Waals surface area contributed by atoms with E-state index in [2.05, 4.69) is 35.1 Å². The monoisotopic (exact) mass is 313 g/mol. The van der Waals surface area contributed by atoms with Gasteiger partial charge < -0.3 is 14.8 Å². The number of hydrogen-bond donors (Lipinski definition) is 1. The lowest BCUT2D eigenvalue weighted by Crippen LogP contribution is -2.31. The molecule has 0 fully saturated rings. The molecule has 2 rings (SSSR count). The number of nitrogens with one attached hydrogen (secondary N) is 1. The summed E-state index contributed by atoms with van der Waals surface area (Å²) in [6.45, 7) is 5.03. The summed E-state index contributed by atoms with van der Waals surface area (Å²) in [6.07, 6.45) is 0. The van der Waals surface area contributed by atoms with Gasteiger partial charge in [-0.2, -0.15) is 0 Å². The third kappa shape index (κ3) is 2.96. The van der Waals surface area contributed by atoms with Crippen molar-refractivity contribution < 1.29 is 14.3 Å². The highest BCUT2D eigenvalue weighted by Gasteiger charge is 2.17. The van der Waals surface area contributed by atoms with Crippen LogP contribution in [0.3, 0.4) is 0 Å². The van der Waals surface area contributed by atoms with Gasteiger partial charge in [-0.05, 0) is 24.1 Å². The molecule has 98 valence electrons. The quantitative estimate of drug-likeness (QED) is 0.869. The van der Waals surface area contributed by atoms with E-state index >= 15 is 0 Å². The van der Waals surface area contributed by atoms with Crippen molar-refractivity contribution in [1.29, 1.82) is 0 Å². The molecular formula is C13H16BrNO3. The van der Waals surface area contributed by atoms with Gasteiger partial charge in [0.15, 0.2) is 11.5 Å². The maximum atomic E-state index is 11.9. The van der Waals surface area contributed by atoms with Crippen molar-refractivity contribution >= 4 is 21.8 Å². The molecular weight excluding hydrogens is 298 g/mol. The minimum atomic E-state index is -0.0987. The van der Waals surface area contributed by atoms with Crippen molar-refractivity contribution in [2.75, 3.05) is 13.3 Å². The molecule has 1 unspecified atom stereocenters. The first kappa shape index (κ1) is 13.2. The van der Waals surface area contributed by atoms with Gasteiger partial charge in [-0.25, -0.2) is 0 Å². The first-order valence-corrected chi connectivity index (χ1v) is 6.81. The number of halogens is 1. The van der Waals surface area contributed by atoms with E-state index in [1.54, 1.807) is 18.2 Å². The number of ether oxygens (including phenoxy) is 2. The number of carbonyl (C=O) groups is 1. The Kier molecular flexibility index (Phi) is 4.11. The fourth-order valence-electron chi connectivity index (χ4n) is 1.57. The number of hydrogen-bond acceptors (Lipinski definition) is 3. The fraction of sp³-hybridized carbons (Fsp3) is 0.462. The van der Waals surface area contributed by atoms with E-state index in [4.69, 9.17) is 9.47 Å². The van der Waals surface area contributed by atoms with E-state index in [0.29, 0.717) is 29.5 Å². The van der Waals surface area contributed by atoms with Crippen LogP contribution in [-0.4, -0.2) is 24.1 Å². The highest BCUT2D eigenvalue weighted by molar-refractivity contribution is 9.09. The van der Waals surface area contributed by atoms with Crippen LogP contribution in [0.15, 0.2) is 18.2 Å². The number of fused-ring (bicyclic) bond motifs is 1. The fourth-order valence-corrected chi connectivity index (χ4v) is 1.73. The van der Waals surface area contributed by atoms with Crippen LogP contribution in [0.2, 0.25) is 0 Å². The van der Waals surface area contributed by atoms with Gasteiger partial charge in [0.2, 0.25) is 6.79 Å². The predicted octanol–water partition coefficient (Wildman–Crippen LogP) is 2.56. The van der Waals surface area contributed by atoms with Gasteiger partial charge >= 0.3 is 0 Å². The zero-order chi connectivity index (χ0) is 13.1. The average Bonchev–Trinajstić information content (AvgIpc) is 2.82. The Labute approximate surface area is 115 Å². The third-order valence-corrected chi connectivity index (χ3v) is 4.20. The van der Waals surface area contributed by atoms with E-state index in [0.717, 1.165) is 0 Å². The maximum absolute atomic E-state index is 11.9. The summed E-state index contributed by atoms with van der Waals surface area (Å²) in [5.41, 5.74) is 0.586. The van der Waals surface area contributed by atoms with Crippen molar-refractivity contribution in [3.05, 3.63) is 23.8 Å². The summed E-state index contributed by atoms with van der Waals surface area (Å²) in [7, 11) is 0. The lowest BCUT2D eigenvalue weighted by Gasteiger charge is -2.14. The van der Waals surface area contributed by atoms with Crippen molar-refractivity contribution in [2.24, 2.45) is 5.92 Å². The number of carbonyl (C=O) groups excluding carboxylic acids is 1. The van der Waals surface area contributed by atoms with Crippen LogP contribution in [0.4, 0.5) is 0 Å². The van der Waals surface area contributed by atoms with Crippen LogP contribution < -0.4 is 14.8 Å². The van der Waals surface area contributed by atoms with Crippen LogP contribution in [-0.2, 0) is 0 Å². The molecule has 1 aliphatic rings. The zero-order valence-corrected chi connectivity index (χ0v) is 12.0. The first-order valence-electron chi connectivity index (χ1n) is 5.90. The minimum absolute atomic E-state index is 0.0987. The van der Waals surface area contributed by atoms with Gasteiger partial charge in [0.05, 0.1) is 0 Å². The molecule has 1 atom stereocenters. The van der Waals surface area contributed by atoms with Crippen molar-refractivity contribution in [3.63, 3.8) is 0 Å². The Morgan fingerprint density at radius 1 is 1.39 bits per heavy atom. The average molecular weight is 314 g/mol. The Bertz CT molecular complexity index is 448. The van der Waals surface area contributed by atoms with Gasteiger partial charge in [-0.1, -0.05) is 29.8 Å². The van der Waals surface area contributed by atoms with Gasteiger partial charge in [0, 0.05) is 16.9 Å². The Hall–Kier alpha value is -1.23. The number of rotatable bonds is 4. The summed E-state index contributed by atoms with van der Waals surface area (Å²) < 4.78 is 10.4. The second kappa shape index (κ2) is 5.61. The summed E-state index contributed by atoms with van der Waals surface area (Å²) in [6, 6.07) is 5.20. The summed E-state index contributed by atoms with van der Waals surface area (Å²) in [5, 5.41) is 2.89. The Balaban J connectivity index is 1.97. The van der Waals surface area contributed by atoms with Crippen LogP contribution >= 0.6 is 15.9 Å². The zero-order valence-electron chi connectivity index (χ0n) is 10.4. The molecule has 1 aromatic carbocycles. The third-order valence-electron chi connectivity index (χ3n) is 2.82. The highest BCUT2D eigenvalue weighted by atomic mass is 79.9. The van der Waals surface area contributed by atoms with Crippen LogP contribution in [0.5, 0.6) is 11.5 Å². The second-order valence-electron chi connectivity index (χ2n) is 4.54. The lowest BCUT2D eigenvalue weighted by molar-refractivity contribution is 0.0952. The Morgan fingerprint density at radius 3 is 2.83 bits per heavy atom. The van der Waals surface area contributed by atoms with E-state index in [1.807, 2.05) is 0 Å². The summed E-state index contributed by atoms with van der Waals surface area (Å²) >= 11 is 3.53. The van der Waals surface area contributed by atoms with Crippen molar-refractivity contribution in [2.45, 2.75) is 18.7 Å². The number of alkyl halides is 1. The molecule has 18 heavy (non-hydrogen) atoms. The molecule has 0 spiro atoms.